The van der Waals surface area contributed by atoms with Gasteiger partial charge in [-0.3, -0.25) is 9.59 Å². The monoisotopic (exact) mass is 433 g/mol. The fourth-order valence-corrected chi connectivity index (χ4v) is 6.38. The number of rotatable bonds is 4. The highest BCUT2D eigenvalue weighted by molar-refractivity contribution is 5.69. The topological polar surface area (TPSA) is 125 Å². The van der Waals surface area contributed by atoms with Gasteiger partial charge in [0.05, 0.1) is 0 Å². The summed E-state index contributed by atoms with van der Waals surface area (Å²) < 4.78 is 10.6. The lowest BCUT2D eigenvalue weighted by molar-refractivity contribution is -0.775. The highest BCUT2D eigenvalue weighted by Crippen LogP contribution is 2.63. The summed E-state index contributed by atoms with van der Waals surface area (Å²) in [6.45, 7) is 4.72. The van der Waals surface area contributed by atoms with Crippen molar-refractivity contribution in [3.63, 3.8) is 0 Å². The number of ether oxygens (including phenoxy) is 2. The van der Waals surface area contributed by atoms with E-state index in [-0.39, 0.29) is 35.7 Å². The van der Waals surface area contributed by atoms with Crippen molar-refractivity contribution in [1.82, 2.24) is 0 Å². The van der Waals surface area contributed by atoms with Crippen LogP contribution in [0.25, 0.3) is 0 Å². The summed E-state index contributed by atoms with van der Waals surface area (Å²) in [5.41, 5.74) is -0.561. The third-order valence-corrected chi connectivity index (χ3v) is 7.34. The summed E-state index contributed by atoms with van der Waals surface area (Å²) in [6, 6.07) is 4.98. The second-order valence-electron chi connectivity index (χ2n) is 9.34. The van der Waals surface area contributed by atoms with Crippen LogP contribution in [0.1, 0.15) is 57.6 Å². The smallest absolute Gasteiger partial charge is 0.308 e. The summed E-state index contributed by atoms with van der Waals surface area (Å²) in [5, 5.41) is 22.5. The molecule has 1 N–H and O–H groups in total. The van der Waals surface area contributed by atoms with E-state index in [1.54, 1.807) is 18.2 Å². The highest BCUT2D eigenvalue weighted by Gasteiger charge is 2.64. The van der Waals surface area contributed by atoms with Crippen molar-refractivity contribution in [3.05, 3.63) is 39.4 Å². The van der Waals surface area contributed by atoms with Gasteiger partial charge in [-0.25, -0.2) is 0 Å². The Morgan fingerprint density at radius 1 is 1.19 bits per heavy atom. The maximum atomic E-state index is 12.0. The van der Waals surface area contributed by atoms with Crippen LogP contribution < -0.4 is 4.74 Å². The van der Waals surface area contributed by atoms with E-state index in [0.717, 1.165) is 5.56 Å². The maximum absolute atomic E-state index is 12.0. The Kier molecular flexibility index (Phi) is 5.20. The van der Waals surface area contributed by atoms with Gasteiger partial charge in [-0.1, -0.05) is 13.0 Å². The Labute approximate surface area is 179 Å². The fraction of sp³-hybridized carbons (Fsp3) is 0.636. The van der Waals surface area contributed by atoms with Crippen LogP contribution >= 0.6 is 0 Å². The predicted octanol–water partition coefficient (Wildman–Crippen LogP) is 2.69. The minimum absolute atomic E-state index is 0.0229. The molecule has 0 aromatic heterocycles. The van der Waals surface area contributed by atoms with E-state index in [4.69, 9.17) is 14.3 Å². The Morgan fingerprint density at radius 2 is 1.94 bits per heavy atom. The van der Waals surface area contributed by atoms with Crippen molar-refractivity contribution in [2.45, 2.75) is 70.7 Å². The standard InChI is InChI=1S/C22H27NO8/c1-12(24)29-15-5-7-17-14(8-15)4-6-18-19-9-16(30-13(2)25)10-21(19,3)11-20(22(17,18)26)31-23(27)28/h5,7-8,16,18-20,26H,4,6,9-11H2,1-3H3/t16-,18-,19-,20-,21-,22-/m0/s1. The zero-order valence-electron chi connectivity index (χ0n) is 17.8. The molecular weight excluding hydrogens is 406 g/mol. The van der Waals surface area contributed by atoms with Crippen LogP contribution in [0.5, 0.6) is 5.75 Å². The van der Waals surface area contributed by atoms with E-state index in [2.05, 4.69) is 0 Å². The average molecular weight is 433 g/mol. The van der Waals surface area contributed by atoms with Crippen LogP contribution in [0.3, 0.4) is 0 Å². The predicted molar refractivity (Wildman–Crippen MR) is 106 cm³/mol. The number of carbonyl (C=O) groups excluding carboxylic acids is 2. The average Bonchev–Trinajstić information content (AvgIpc) is 2.95. The van der Waals surface area contributed by atoms with Gasteiger partial charge in [0.25, 0.3) is 5.09 Å². The molecule has 0 saturated heterocycles. The molecule has 1 aromatic rings. The van der Waals surface area contributed by atoms with Crippen LogP contribution in [-0.4, -0.2) is 34.3 Å². The number of aryl methyl sites for hydroxylation is 1. The molecule has 0 aliphatic heterocycles. The number of fused-ring (bicyclic) bond motifs is 5. The van der Waals surface area contributed by atoms with Crippen LogP contribution in [0, 0.1) is 27.4 Å². The van der Waals surface area contributed by atoms with E-state index in [1.807, 2.05) is 6.92 Å². The quantitative estimate of drug-likeness (QED) is 0.332. The van der Waals surface area contributed by atoms with E-state index in [1.165, 1.54) is 13.8 Å². The number of aliphatic hydroxyl groups is 1. The van der Waals surface area contributed by atoms with Crippen molar-refractivity contribution < 1.29 is 34.1 Å². The number of hydrogen-bond acceptors (Lipinski definition) is 8. The van der Waals surface area contributed by atoms with Crippen molar-refractivity contribution in [2.24, 2.45) is 17.3 Å². The molecule has 3 aliphatic carbocycles. The highest BCUT2D eigenvalue weighted by atomic mass is 17.0. The first kappa shape index (κ1) is 21.5. The zero-order chi connectivity index (χ0) is 22.6. The van der Waals surface area contributed by atoms with E-state index >= 15 is 0 Å². The summed E-state index contributed by atoms with van der Waals surface area (Å²) >= 11 is 0. The number of esters is 2. The molecule has 4 rings (SSSR count). The summed E-state index contributed by atoms with van der Waals surface area (Å²) in [7, 11) is 0. The third kappa shape index (κ3) is 3.64. The van der Waals surface area contributed by atoms with Crippen LogP contribution in [0.2, 0.25) is 0 Å². The Balaban J connectivity index is 1.75. The zero-order valence-corrected chi connectivity index (χ0v) is 17.8. The van der Waals surface area contributed by atoms with Gasteiger partial charge >= 0.3 is 11.9 Å². The minimum atomic E-state index is -1.56. The first-order valence-corrected chi connectivity index (χ1v) is 10.6. The molecule has 0 unspecified atom stereocenters. The molecule has 168 valence electrons. The Hall–Kier alpha value is -2.68. The first-order valence-electron chi connectivity index (χ1n) is 10.6. The van der Waals surface area contributed by atoms with Gasteiger partial charge in [0.1, 0.15) is 23.6 Å². The number of hydrogen-bond donors (Lipinski definition) is 1. The molecular formula is C22H27NO8. The molecule has 2 fully saturated rings. The molecule has 1 aromatic carbocycles. The first-order chi connectivity index (χ1) is 14.5. The Bertz CT molecular complexity index is 932. The molecule has 31 heavy (non-hydrogen) atoms. The molecule has 0 bridgehead atoms. The third-order valence-electron chi connectivity index (χ3n) is 7.34. The van der Waals surface area contributed by atoms with Crippen molar-refractivity contribution in [3.8, 4) is 5.75 Å². The molecule has 9 heteroatoms. The maximum Gasteiger partial charge on any atom is 0.308 e. The molecule has 0 amide bonds. The van der Waals surface area contributed by atoms with Gasteiger partial charge in [-0.05, 0) is 72.6 Å². The van der Waals surface area contributed by atoms with Crippen molar-refractivity contribution in [2.75, 3.05) is 0 Å². The molecule has 9 nitrogen and oxygen atoms in total. The van der Waals surface area contributed by atoms with Gasteiger partial charge in [0.15, 0.2) is 0 Å². The lowest BCUT2D eigenvalue weighted by Gasteiger charge is -2.56. The van der Waals surface area contributed by atoms with Gasteiger partial charge in [-0.2, -0.15) is 0 Å². The number of nitrogens with zero attached hydrogens (tertiary/aromatic N) is 1. The van der Waals surface area contributed by atoms with Crippen LogP contribution in [0.15, 0.2) is 18.2 Å². The normalized spacial score (nSPS) is 35.9. The van der Waals surface area contributed by atoms with E-state index in [9.17, 15) is 24.8 Å². The van der Waals surface area contributed by atoms with Gasteiger partial charge in [0, 0.05) is 13.8 Å². The molecule has 2 saturated carbocycles. The summed E-state index contributed by atoms with van der Waals surface area (Å²) in [4.78, 5) is 39.2. The number of benzene rings is 1. The van der Waals surface area contributed by atoms with Gasteiger partial charge in [-0.15, -0.1) is 10.1 Å². The van der Waals surface area contributed by atoms with Gasteiger partial charge < -0.3 is 19.4 Å². The fourth-order valence-electron chi connectivity index (χ4n) is 6.38. The largest absolute Gasteiger partial charge is 0.463 e. The number of carbonyl (C=O) groups is 2. The van der Waals surface area contributed by atoms with Gasteiger partial charge in [0.2, 0.25) is 0 Å². The molecule has 3 aliphatic rings. The molecule has 0 spiro atoms. The van der Waals surface area contributed by atoms with E-state index in [0.29, 0.717) is 37.0 Å². The lowest BCUT2D eigenvalue weighted by Crippen LogP contribution is -2.60. The molecule has 0 heterocycles. The summed E-state index contributed by atoms with van der Waals surface area (Å²) in [6.07, 6.45) is 1.36. The minimum Gasteiger partial charge on any atom is -0.463 e. The Morgan fingerprint density at radius 3 is 2.58 bits per heavy atom. The second kappa shape index (κ2) is 7.47. The van der Waals surface area contributed by atoms with E-state index < -0.39 is 22.8 Å². The lowest BCUT2D eigenvalue weighted by atomic mass is 9.52. The SMILES string of the molecule is CC(=O)Oc1ccc2c(c1)CC[C@H]1[C@@H]3C[C@H](OC(C)=O)C[C@@]3(C)C[C@H](O[N+](=O)[O-])[C@]21O. The molecule has 6 atom stereocenters. The van der Waals surface area contributed by atoms with Crippen molar-refractivity contribution in [1.29, 1.82) is 0 Å². The van der Waals surface area contributed by atoms with Crippen LogP contribution in [-0.2, 0) is 31.2 Å². The van der Waals surface area contributed by atoms with Crippen LogP contribution in [0.4, 0.5) is 0 Å². The van der Waals surface area contributed by atoms with Crippen molar-refractivity contribution >= 4 is 11.9 Å². The summed E-state index contributed by atoms with van der Waals surface area (Å²) in [5.74, 6) is -0.694. The molecule has 0 radical (unpaired) electrons. The second-order valence-corrected chi connectivity index (χ2v) is 9.34.